The SMILES string of the molecule is CC(N[S+]([O-])C(C)(C)C)[C@@H]1CCN(C(=O)O)C[C@@H]1C. The van der Waals surface area contributed by atoms with Crippen molar-refractivity contribution in [3.05, 3.63) is 0 Å². The molecule has 1 fully saturated rings. The molecule has 1 amide bonds. The largest absolute Gasteiger partial charge is 0.598 e. The first-order valence-corrected chi connectivity index (χ1v) is 7.94. The van der Waals surface area contributed by atoms with E-state index in [1.54, 1.807) is 0 Å². The second-order valence-electron chi connectivity index (χ2n) is 6.45. The lowest BCUT2D eigenvalue weighted by molar-refractivity contribution is 0.0935. The number of hydrogen-bond donors (Lipinski definition) is 2. The average Bonchev–Trinajstić information content (AvgIpc) is 2.26. The lowest BCUT2D eigenvalue weighted by atomic mass is 9.82. The number of carboxylic acid groups (broad SMARTS) is 1. The number of piperidine rings is 1. The molecule has 0 bridgehead atoms. The molecular formula is C13H26N2O3S. The Hall–Kier alpha value is -0.460. The molecule has 0 aromatic heterocycles. The highest BCUT2D eigenvalue weighted by molar-refractivity contribution is 7.90. The van der Waals surface area contributed by atoms with E-state index >= 15 is 0 Å². The van der Waals surface area contributed by atoms with Crippen LogP contribution in [-0.2, 0) is 11.4 Å². The molecule has 0 radical (unpaired) electrons. The fourth-order valence-electron chi connectivity index (χ4n) is 2.51. The molecule has 1 saturated heterocycles. The Morgan fingerprint density at radius 2 is 2.11 bits per heavy atom. The van der Waals surface area contributed by atoms with Gasteiger partial charge < -0.3 is 14.6 Å². The second-order valence-corrected chi connectivity index (χ2v) is 8.44. The Morgan fingerprint density at radius 1 is 1.53 bits per heavy atom. The van der Waals surface area contributed by atoms with E-state index in [2.05, 4.69) is 11.6 Å². The van der Waals surface area contributed by atoms with E-state index in [-0.39, 0.29) is 16.7 Å². The van der Waals surface area contributed by atoms with Crippen LogP contribution in [0.2, 0.25) is 0 Å². The maximum atomic E-state index is 12.1. The molecule has 0 aromatic rings. The smallest absolute Gasteiger partial charge is 0.407 e. The zero-order valence-corrected chi connectivity index (χ0v) is 13.3. The van der Waals surface area contributed by atoms with Crippen LogP contribution in [0.1, 0.15) is 41.0 Å². The lowest BCUT2D eigenvalue weighted by Gasteiger charge is -2.39. The first-order chi connectivity index (χ1) is 8.62. The minimum absolute atomic E-state index is 0.131. The van der Waals surface area contributed by atoms with E-state index in [1.807, 2.05) is 27.7 Å². The van der Waals surface area contributed by atoms with Crippen LogP contribution in [0, 0.1) is 11.8 Å². The van der Waals surface area contributed by atoms with Crippen LogP contribution < -0.4 is 4.72 Å². The summed E-state index contributed by atoms with van der Waals surface area (Å²) in [6.07, 6.45) is -0.0210. The maximum Gasteiger partial charge on any atom is 0.407 e. The third-order valence-electron chi connectivity index (χ3n) is 3.73. The summed E-state index contributed by atoms with van der Waals surface area (Å²) in [6, 6.07) is 0.131. The second kappa shape index (κ2) is 6.33. The molecule has 2 N–H and O–H groups in total. The minimum atomic E-state index is -1.08. The van der Waals surface area contributed by atoms with Gasteiger partial charge in [-0.2, -0.15) is 0 Å². The van der Waals surface area contributed by atoms with Crippen molar-refractivity contribution in [2.75, 3.05) is 13.1 Å². The predicted molar refractivity (Wildman–Crippen MR) is 77.4 cm³/mol. The van der Waals surface area contributed by atoms with Crippen molar-refractivity contribution in [3.8, 4) is 0 Å². The van der Waals surface area contributed by atoms with E-state index in [0.29, 0.717) is 19.0 Å². The lowest BCUT2D eigenvalue weighted by Crippen LogP contribution is -2.51. The summed E-state index contributed by atoms with van der Waals surface area (Å²) in [5.41, 5.74) is 0. The van der Waals surface area contributed by atoms with Gasteiger partial charge in [-0.1, -0.05) is 6.92 Å². The Bertz CT molecular complexity index is 320. The van der Waals surface area contributed by atoms with Crippen LogP contribution in [0.4, 0.5) is 4.79 Å². The normalized spacial score (nSPS) is 28.0. The molecule has 112 valence electrons. The first kappa shape index (κ1) is 16.6. The molecule has 0 aromatic carbocycles. The molecule has 19 heavy (non-hydrogen) atoms. The molecule has 1 rings (SSSR count). The Kier molecular flexibility index (Phi) is 5.53. The van der Waals surface area contributed by atoms with Gasteiger partial charge in [-0.25, -0.2) is 4.79 Å². The van der Waals surface area contributed by atoms with Gasteiger partial charge in [0.1, 0.15) is 4.75 Å². The van der Waals surface area contributed by atoms with Gasteiger partial charge in [0.15, 0.2) is 0 Å². The van der Waals surface area contributed by atoms with Crippen LogP contribution >= 0.6 is 0 Å². The van der Waals surface area contributed by atoms with Gasteiger partial charge >= 0.3 is 6.09 Å². The summed E-state index contributed by atoms with van der Waals surface area (Å²) in [6.45, 7) is 11.1. The van der Waals surface area contributed by atoms with Gasteiger partial charge in [0.2, 0.25) is 0 Å². The Balaban J connectivity index is 2.55. The highest BCUT2D eigenvalue weighted by atomic mass is 32.2. The zero-order chi connectivity index (χ0) is 14.8. The van der Waals surface area contributed by atoms with Gasteiger partial charge in [0.05, 0.1) is 6.04 Å². The number of amides is 1. The summed E-state index contributed by atoms with van der Waals surface area (Å²) in [5, 5.41) is 8.99. The number of carbonyl (C=O) groups is 1. The van der Waals surface area contributed by atoms with Crippen molar-refractivity contribution in [2.45, 2.75) is 51.8 Å². The van der Waals surface area contributed by atoms with Gasteiger partial charge in [-0.3, -0.25) is 0 Å². The number of rotatable bonds is 3. The van der Waals surface area contributed by atoms with E-state index in [1.165, 1.54) is 4.90 Å². The van der Waals surface area contributed by atoms with Gasteiger partial charge in [-0.15, -0.1) is 4.72 Å². The van der Waals surface area contributed by atoms with Crippen LogP contribution in [0.15, 0.2) is 0 Å². The summed E-state index contributed by atoms with van der Waals surface area (Å²) in [7, 11) is 0. The monoisotopic (exact) mass is 290 g/mol. The van der Waals surface area contributed by atoms with Crippen molar-refractivity contribution in [1.82, 2.24) is 9.62 Å². The maximum absolute atomic E-state index is 12.1. The zero-order valence-electron chi connectivity index (χ0n) is 12.5. The van der Waals surface area contributed by atoms with Crippen LogP contribution in [0.25, 0.3) is 0 Å². The van der Waals surface area contributed by atoms with Crippen molar-refractivity contribution < 1.29 is 14.5 Å². The molecule has 4 atom stereocenters. The van der Waals surface area contributed by atoms with Crippen molar-refractivity contribution in [1.29, 1.82) is 0 Å². The summed E-state index contributed by atoms with van der Waals surface area (Å²) in [5.74, 6) is 0.645. The Labute approximate surface area is 119 Å². The number of likely N-dealkylation sites (tertiary alicyclic amines) is 1. The van der Waals surface area contributed by atoms with Crippen LogP contribution in [0.5, 0.6) is 0 Å². The standard InChI is InChI=1S/C13H26N2O3S/c1-9-8-15(12(16)17)7-6-11(9)10(2)14-19(18)13(3,4)5/h9-11,14H,6-8H2,1-5H3,(H,16,17)/t9-,10?,11+,19?/m0/s1. The molecule has 1 aliphatic rings. The third kappa shape index (κ3) is 4.54. The minimum Gasteiger partial charge on any atom is -0.598 e. The van der Waals surface area contributed by atoms with E-state index in [4.69, 9.17) is 5.11 Å². The topological polar surface area (TPSA) is 75.6 Å². The molecule has 2 unspecified atom stereocenters. The molecule has 1 heterocycles. The quantitative estimate of drug-likeness (QED) is 0.780. The molecule has 1 aliphatic heterocycles. The highest BCUT2D eigenvalue weighted by Gasteiger charge is 2.36. The molecule has 0 saturated carbocycles. The van der Waals surface area contributed by atoms with Gasteiger partial charge in [0.25, 0.3) is 0 Å². The van der Waals surface area contributed by atoms with E-state index < -0.39 is 17.5 Å². The predicted octanol–water partition coefficient (Wildman–Crippen LogP) is 2.06. The molecule has 0 spiro atoms. The Morgan fingerprint density at radius 3 is 2.53 bits per heavy atom. The number of nitrogens with one attached hydrogen (secondary N) is 1. The molecule has 5 nitrogen and oxygen atoms in total. The van der Waals surface area contributed by atoms with Gasteiger partial charge in [0, 0.05) is 24.5 Å². The van der Waals surface area contributed by atoms with Crippen molar-refractivity contribution >= 4 is 17.5 Å². The molecular weight excluding hydrogens is 264 g/mol. The van der Waals surface area contributed by atoms with Gasteiger partial charge in [-0.05, 0) is 46.0 Å². The number of hydrogen-bond acceptors (Lipinski definition) is 3. The summed E-state index contributed by atoms with van der Waals surface area (Å²) in [4.78, 5) is 12.4. The highest BCUT2D eigenvalue weighted by Crippen LogP contribution is 2.27. The van der Waals surface area contributed by atoms with E-state index in [9.17, 15) is 9.35 Å². The third-order valence-corrected chi connectivity index (χ3v) is 5.43. The molecule has 6 heteroatoms. The summed E-state index contributed by atoms with van der Waals surface area (Å²) >= 11 is -1.08. The number of nitrogens with zero attached hydrogens (tertiary/aromatic N) is 1. The van der Waals surface area contributed by atoms with Crippen molar-refractivity contribution in [3.63, 3.8) is 0 Å². The fraction of sp³-hybridized carbons (Fsp3) is 0.923. The average molecular weight is 290 g/mol. The first-order valence-electron chi connectivity index (χ1n) is 6.79. The summed E-state index contributed by atoms with van der Waals surface area (Å²) < 4.78 is 15.0. The molecule has 0 aliphatic carbocycles. The fourth-order valence-corrected chi connectivity index (χ4v) is 3.38. The van der Waals surface area contributed by atoms with Crippen LogP contribution in [-0.4, -0.2) is 44.5 Å². The van der Waals surface area contributed by atoms with E-state index in [0.717, 1.165) is 6.42 Å². The van der Waals surface area contributed by atoms with Crippen molar-refractivity contribution in [2.24, 2.45) is 11.8 Å². The van der Waals surface area contributed by atoms with Crippen LogP contribution in [0.3, 0.4) is 0 Å².